The van der Waals surface area contributed by atoms with E-state index in [0.717, 1.165) is 17.2 Å². The summed E-state index contributed by atoms with van der Waals surface area (Å²) < 4.78 is 1.49. The van der Waals surface area contributed by atoms with Crippen LogP contribution in [0.15, 0.2) is 53.7 Å². The molecule has 1 aromatic heterocycles. The van der Waals surface area contributed by atoms with E-state index in [1.165, 1.54) is 29.2 Å². The Morgan fingerprint density at radius 1 is 1.37 bits per heavy atom. The molecular formula is C14H12N2O3. The molecule has 1 N–H and O–H groups in total. The number of hydrogen-bond donors (Lipinski definition) is 1. The molecule has 2 aromatic rings. The van der Waals surface area contributed by atoms with Gasteiger partial charge in [0.15, 0.2) is 0 Å². The van der Waals surface area contributed by atoms with Crippen molar-refractivity contribution in [3.63, 3.8) is 0 Å². The Kier molecular flexibility index (Phi) is 3.87. The maximum absolute atomic E-state index is 11.6. The highest BCUT2D eigenvalue weighted by Gasteiger charge is 1.98. The first-order valence-corrected chi connectivity index (χ1v) is 5.65. The van der Waals surface area contributed by atoms with Crippen molar-refractivity contribution in [1.29, 1.82) is 0 Å². The molecule has 0 aliphatic heterocycles. The molecule has 1 aromatic carbocycles. The second-order valence-electron chi connectivity index (χ2n) is 3.96. The lowest BCUT2D eigenvalue weighted by atomic mass is 10.1. The van der Waals surface area contributed by atoms with Gasteiger partial charge in [-0.3, -0.25) is 9.36 Å². The van der Waals surface area contributed by atoms with Crippen LogP contribution in [0.1, 0.15) is 11.1 Å². The fourth-order valence-corrected chi connectivity index (χ4v) is 1.66. The first-order valence-electron chi connectivity index (χ1n) is 5.65. The first kappa shape index (κ1) is 12.8. The molecular weight excluding hydrogens is 244 g/mol. The zero-order valence-electron chi connectivity index (χ0n) is 10.1. The maximum atomic E-state index is 11.6. The number of carboxylic acid groups (broad SMARTS) is 1. The van der Waals surface area contributed by atoms with Crippen LogP contribution in [0.3, 0.4) is 0 Å². The summed E-state index contributed by atoms with van der Waals surface area (Å²) in [7, 11) is 0. The van der Waals surface area contributed by atoms with Crippen molar-refractivity contribution in [2.24, 2.45) is 0 Å². The minimum Gasteiger partial charge on any atom is -0.478 e. The van der Waals surface area contributed by atoms with Crippen molar-refractivity contribution < 1.29 is 9.90 Å². The van der Waals surface area contributed by atoms with Crippen molar-refractivity contribution in [1.82, 2.24) is 9.55 Å². The molecule has 5 heteroatoms. The van der Waals surface area contributed by atoms with E-state index in [4.69, 9.17) is 5.11 Å². The molecule has 2 rings (SSSR count). The molecule has 0 unspecified atom stereocenters. The summed E-state index contributed by atoms with van der Waals surface area (Å²) in [5.41, 5.74) is 1.56. The van der Waals surface area contributed by atoms with Gasteiger partial charge in [-0.2, -0.15) is 0 Å². The standard InChI is InChI=1S/C14H12N2O3/c17-13-6-7-15-10-16(13)9-12-3-1-2-11(8-12)4-5-14(18)19/h1-8,10H,9H2,(H,18,19). The number of aromatic nitrogens is 2. The number of carboxylic acids is 1. The molecule has 0 aliphatic carbocycles. The Balaban J connectivity index is 2.22. The van der Waals surface area contributed by atoms with Gasteiger partial charge < -0.3 is 5.11 Å². The maximum Gasteiger partial charge on any atom is 0.328 e. The second kappa shape index (κ2) is 5.77. The van der Waals surface area contributed by atoms with E-state index in [-0.39, 0.29) is 5.56 Å². The van der Waals surface area contributed by atoms with Gasteiger partial charge in [0.1, 0.15) is 0 Å². The van der Waals surface area contributed by atoms with Crippen LogP contribution in [0.25, 0.3) is 6.08 Å². The number of hydrogen-bond acceptors (Lipinski definition) is 3. The Morgan fingerprint density at radius 3 is 2.95 bits per heavy atom. The van der Waals surface area contributed by atoms with Crippen LogP contribution in [0.2, 0.25) is 0 Å². The average molecular weight is 256 g/mol. The minimum atomic E-state index is -0.992. The predicted molar refractivity (Wildman–Crippen MR) is 70.7 cm³/mol. The fraction of sp³-hybridized carbons (Fsp3) is 0.0714. The summed E-state index contributed by atoms with van der Waals surface area (Å²) >= 11 is 0. The van der Waals surface area contributed by atoms with Gasteiger partial charge in [0.25, 0.3) is 5.56 Å². The van der Waals surface area contributed by atoms with E-state index in [2.05, 4.69) is 4.98 Å². The van der Waals surface area contributed by atoms with Gasteiger partial charge in [-0.1, -0.05) is 18.2 Å². The smallest absolute Gasteiger partial charge is 0.328 e. The average Bonchev–Trinajstić information content (AvgIpc) is 2.40. The summed E-state index contributed by atoms with van der Waals surface area (Å²) in [6.45, 7) is 0.404. The monoisotopic (exact) mass is 256 g/mol. The van der Waals surface area contributed by atoms with Crippen LogP contribution in [0.5, 0.6) is 0 Å². The van der Waals surface area contributed by atoms with Crippen molar-refractivity contribution in [3.8, 4) is 0 Å². The third-order valence-corrected chi connectivity index (χ3v) is 2.51. The fourth-order valence-electron chi connectivity index (χ4n) is 1.66. The van der Waals surface area contributed by atoms with Crippen molar-refractivity contribution >= 4 is 12.0 Å². The highest BCUT2D eigenvalue weighted by Crippen LogP contribution is 2.08. The highest BCUT2D eigenvalue weighted by atomic mass is 16.4. The topological polar surface area (TPSA) is 72.2 Å². The Labute approximate surface area is 109 Å². The zero-order chi connectivity index (χ0) is 13.7. The number of nitrogens with zero attached hydrogens (tertiary/aromatic N) is 2. The van der Waals surface area contributed by atoms with Crippen LogP contribution in [0.4, 0.5) is 0 Å². The molecule has 0 bridgehead atoms. The molecule has 0 atom stereocenters. The summed E-state index contributed by atoms with van der Waals surface area (Å²) in [5, 5.41) is 8.58. The molecule has 0 spiro atoms. The van der Waals surface area contributed by atoms with Crippen LogP contribution < -0.4 is 5.56 Å². The first-order chi connectivity index (χ1) is 9.15. The van der Waals surface area contributed by atoms with Crippen LogP contribution in [0, 0.1) is 0 Å². The van der Waals surface area contributed by atoms with Crippen LogP contribution >= 0.6 is 0 Å². The van der Waals surface area contributed by atoms with Crippen LogP contribution in [-0.4, -0.2) is 20.6 Å². The van der Waals surface area contributed by atoms with E-state index < -0.39 is 5.97 Å². The molecule has 5 nitrogen and oxygen atoms in total. The molecule has 0 saturated heterocycles. The van der Waals surface area contributed by atoms with Crippen molar-refractivity contribution in [3.05, 3.63) is 70.4 Å². The van der Waals surface area contributed by atoms with E-state index in [1.807, 2.05) is 18.2 Å². The van der Waals surface area contributed by atoms with E-state index in [9.17, 15) is 9.59 Å². The van der Waals surface area contributed by atoms with Crippen molar-refractivity contribution in [2.75, 3.05) is 0 Å². The van der Waals surface area contributed by atoms with E-state index in [0.29, 0.717) is 6.54 Å². The van der Waals surface area contributed by atoms with Gasteiger partial charge >= 0.3 is 5.97 Å². The summed E-state index contributed by atoms with van der Waals surface area (Å²) in [6, 6.07) is 8.72. The summed E-state index contributed by atoms with van der Waals surface area (Å²) in [6.07, 6.45) is 5.51. The number of carbonyl (C=O) groups is 1. The van der Waals surface area contributed by atoms with Gasteiger partial charge in [-0.15, -0.1) is 0 Å². The third-order valence-electron chi connectivity index (χ3n) is 2.51. The minimum absolute atomic E-state index is 0.124. The molecule has 0 amide bonds. The molecule has 0 fully saturated rings. The van der Waals surface area contributed by atoms with Crippen molar-refractivity contribution in [2.45, 2.75) is 6.54 Å². The van der Waals surface area contributed by atoms with E-state index in [1.54, 1.807) is 6.07 Å². The zero-order valence-corrected chi connectivity index (χ0v) is 10.1. The normalized spacial score (nSPS) is 10.7. The van der Waals surface area contributed by atoms with Gasteiger partial charge in [0, 0.05) is 18.3 Å². The molecule has 96 valence electrons. The summed E-state index contributed by atoms with van der Waals surface area (Å²) in [5.74, 6) is -0.992. The predicted octanol–water partition coefficient (Wildman–Crippen LogP) is 1.39. The number of benzene rings is 1. The lowest BCUT2D eigenvalue weighted by Gasteiger charge is -2.05. The largest absolute Gasteiger partial charge is 0.478 e. The van der Waals surface area contributed by atoms with Gasteiger partial charge in [-0.25, -0.2) is 9.78 Å². The molecule has 0 aliphatic rings. The molecule has 1 heterocycles. The van der Waals surface area contributed by atoms with Gasteiger partial charge in [0.05, 0.1) is 12.9 Å². The van der Waals surface area contributed by atoms with Gasteiger partial charge in [-0.05, 0) is 23.3 Å². The van der Waals surface area contributed by atoms with Crippen LogP contribution in [-0.2, 0) is 11.3 Å². The molecule has 19 heavy (non-hydrogen) atoms. The third kappa shape index (κ3) is 3.64. The Hall–Kier alpha value is -2.69. The SMILES string of the molecule is O=C(O)C=Cc1cccc(Cn2cnccc2=O)c1. The number of aliphatic carboxylic acids is 1. The Bertz CT molecular complexity index is 674. The second-order valence-corrected chi connectivity index (χ2v) is 3.96. The lowest BCUT2D eigenvalue weighted by molar-refractivity contribution is -0.131. The van der Waals surface area contributed by atoms with Gasteiger partial charge in [0.2, 0.25) is 0 Å². The Morgan fingerprint density at radius 2 is 2.21 bits per heavy atom. The number of rotatable bonds is 4. The highest BCUT2D eigenvalue weighted by molar-refractivity contribution is 5.85. The van der Waals surface area contributed by atoms with E-state index >= 15 is 0 Å². The molecule has 0 saturated carbocycles. The molecule has 0 radical (unpaired) electrons. The lowest BCUT2D eigenvalue weighted by Crippen LogP contribution is -2.19. The quantitative estimate of drug-likeness (QED) is 0.839. The summed E-state index contributed by atoms with van der Waals surface area (Å²) in [4.78, 5) is 25.9.